The van der Waals surface area contributed by atoms with Gasteiger partial charge in [0, 0.05) is 7.05 Å². The molecule has 1 aliphatic rings. The maximum Gasteiger partial charge on any atom is 0.227 e. The Kier molecular flexibility index (Phi) is 5.43. The second-order valence-electron chi connectivity index (χ2n) is 2.61. The summed E-state index contributed by atoms with van der Waals surface area (Å²) in [4.78, 5) is 20.4. The van der Waals surface area contributed by atoms with Crippen LogP contribution in [0.5, 0.6) is 0 Å². The van der Waals surface area contributed by atoms with Crippen molar-refractivity contribution in [1.29, 1.82) is 0 Å². The Morgan fingerprint density at radius 3 is 1.82 bits per heavy atom. The summed E-state index contributed by atoms with van der Waals surface area (Å²) in [5, 5.41) is 2.34. The molecule has 1 amide bonds. The standard InChI is InChI=1S/C5H9NO2.C3H6/c1-4(7)3-5(8)6-2;1-2-3-1/h3H2,1-2H3,(H,6,8);1-3H2. The van der Waals surface area contributed by atoms with Crippen LogP contribution < -0.4 is 5.32 Å². The lowest BCUT2D eigenvalue weighted by molar-refractivity contribution is -0.126. The van der Waals surface area contributed by atoms with Crippen LogP contribution in [0.1, 0.15) is 32.6 Å². The molecule has 64 valence electrons. The Morgan fingerprint density at radius 2 is 1.73 bits per heavy atom. The summed E-state index contributed by atoms with van der Waals surface area (Å²) in [6, 6.07) is 0. The lowest BCUT2D eigenvalue weighted by atomic mass is 10.3. The topological polar surface area (TPSA) is 46.2 Å². The van der Waals surface area contributed by atoms with Gasteiger partial charge in [-0.15, -0.1) is 0 Å². The van der Waals surface area contributed by atoms with Crippen LogP contribution in [0.2, 0.25) is 0 Å². The van der Waals surface area contributed by atoms with Gasteiger partial charge in [-0.1, -0.05) is 19.3 Å². The van der Waals surface area contributed by atoms with Crippen LogP contribution in [0.4, 0.5) is 0 Å². The number of carbonyl (C=O) groups is 2. The molecule has 0 aromatic heterocycles. The largest absolute Gasteiger partial charge is 0.359 e. The third-order valence-corrected chi connectivity index (χ3v) is 1.04. The van der Waals surface area contributed by atoms with Gasteiger partial charge in [0.15, 0.2) is 0 Å². The van der Waals surface area contributed by atoms with Crippen molar-refractivity contribution in [1.82, 2.24) is 5.32 Å². The third kappa shape index (κ3) is 12.4. The van der Waals surface area contributed by atoms with Crippen LogP contribution in [-0.4, -0.2) is 18.7 Å². The summed E-state index contributed by atoms with van der Waals surface area (Å²) in [5.74, 6) is -0.332. The van der Waals surface area contributed by atoms with Gasteiger partial charge in [0.25, 0.3) is 0 Å². The Balaban J connectivity index is 0.000000271. The lowest BCUT2D eigenvalue weighted by Gasteiger charge is -1.91. The van der Waals surface area contributed by atoms with Crippen molar-refractivity contribution in [3.8, 4) is 0 Å². The van der Waals surface area contributed by atoms with Gasteiger partial charge in [-0.25, -0.2) is 0 Å². The number of nitrogens with one attached hydrogen (secondary N) is 1. The summed E-state index contributed by atoms with van der Waals surface area (Å²) >= 11 is 0. The molecule has 0 atom stereocenters. The van der Waals surface area contributed by atoms with Gasteiger partial charge < -0.3 is 5.32 Å². The van der Waals surface area contributed by atoms with Gasteiger partial charge in [0.1, 0.15) is 5.78 Å². The molecule has 11 heavy (non-hydrogen) atoms. The molecular weight excluding hydrogens is 142 g/mol. The van der Waals surface area contributed by atoms with Gasteiger partial charge in [-0.3, -0.25) is 9.59 Å². The average Bonchev–Trinajstić information content (AvgIpc) is 2.70. The normalized spacial score (nSPS) is 12.5. The summed E-state index contributed by atoms with van der Waals surface area (Å²) in [6.45, 7) is 1.38. The van der Waals surface area contributed by atoms with Crippen LogP contribution in [0.15, 0.2) is 0 Å². The van der Waals surface area contributed by atoms with Crippen molar-refractivity contribution in [2.45, 2.75) is 32.6 Å². The van der Waals surface area contributed by atoms with Crippen molar-refractivity contribution in [3.05, 3.63) is 0 Å². The quantitative estimate of drug-likeness (QED) is 0.605. The minimum atomic E-state index is -0.225. The minimum Gasteiger partial charge on any atom is -0.359 e. The second-order valence-corrected chi connectivity index (χ2v) is 2.61. The van der Waals surface area contributed by atoms with Crippen LogP contribution in [0.25, 0.3) is 0 Å². The molecule has 0 unspecified atom stereocenters. The maximum absolute atomic E-state index is 10.3. The molecular formula is C8H15NO2. The van der Waals surface area contributed by atoms with E-state index in [9.17, 15) is 9.59 Å². The van der Waals surface area contributed by atoms with E-state index in [1.54, 1.807) is 0 Å². The Bertz CT molecular complexity index is 138. The van der Waals surface area contributed by atoms with Gasteiger partial charge >= 0.3 is 0 Å². The van der Waals surface area contributed by atoms with E-state index in [1.807, 2.05) is 0 Å². The first-order valence-electron chi connectivity index (χ1n) is 3.87. The highest BCUT2D eigenvalue weighted by molar-refractivity contribution is 5.96. The van der Waals surface area contributed by atoms with E-state index < -0.39 is 0 Å². The average molecular weight is 157 g/mol. The summed E-state index contributed by atoms with van der Waals surface area (Å²) < 4.78 is 0. The van der Waals surface area contributed by atoms with Crippen LogP contribution in [0.3, 0.4) is 0 Å². The highest BCUT2D eigenvalue weighted by Crippen LogP contribution is 2.14. The summed E-state index contributed by atoms with van der Waals surface area (Å²) in [7, 11) is 1.51. The number of hydrogen-bond acceptors (Lipinski definition) is 2. The van der Waals surface area contributed by atoms with Crippen LogP contribution >= 0.6 is 0 Å². The van der Waals surface area contributed by atoms with Gasteiger partial charge in [0.05, 0.1) is 6.42 Å². The molecule has 0 saturated heterocycles. The first-order valence-corrected chi connectivity index (χ1v) is 3.87. The molecule has 0 radical (unpaired) electrons. The van der Waals surface area contributed by atoms with Crippen molar-refractivity contribution in [2.75, 3.05) is 7.05 Å². The molecule has 0 spiro atoms. The number of Topliss-reactive ketones (excluding diaryl/α,β-unsaturated/α-hetero) is 1. The van der Waals surface area contributed by atoms with Crippen molar-refractivity contribution in [2.24, 2.45) is 0 Å². The molecule has 3 nitrogen and oxygen atoms in total. The Labute approximate surface area is 67.2 Å². The van der Waals surface area contributed by atoms with E-state index in [-0.39, 0.29) is 18.1 Å². The summed E-state index contributed by atoms with van der Waals surface area (Å²) in [6.07, 6.45) is 4.50. The zero-order chi connectivity index (χ0) is 8.69. The van der Waals surface area contributed by atoms with E-state index in [2.05, 4.69) is 5.32 Å². The van der Waals surface area contributed by atoms with Gasteiger partial charge in [0.2, 0.25) is 5.91 Å². The predicted molar refractivity (Wildman–Crippen MR) is 43.2 cm³/mol. The molecule has 0 bridgehead atoms. The van der Waals surface area contributed by atoms with Crippen molar-refractivity contribution in [3.63, 3.8) is 0 Å². The van der Waals surface area contributed by atoms with E-state index >= 15 is 0 Å². The van der Waals surface area contributed by atoms with Crippen LogP contribution in [0, 0.1) is 0 Å². The maximum atomic E-state index is 10.3. The SMILES string of the molecule is C1CC1.CNC(=O)CC(C)=O. The number of carbonyl (C=O) groups excluding carboxylic acids is 2. The molecule has 1 saturated carbocycles. The highest BCUT2D eigenvalue weighted by atomic mass is 16.2. The fourth-order valence-corrected chi connectivity index (χ4v) is 0.314. The fourth-order valence-electron chi connectivity index (χ4n) is 0.314. The van der Waals surface area contributed by atoms with E-state index in [0.717, 1.165) is 0 Å². The van der Waals surface area contributed by atoms with Crippen LogP contribution in [-0.2, 0) is 9.59 Å². The first kappa shape index (κ1) is 10.1. The third-order valence-electron chi connectivity index (χ3n) is 1.04. The first-order chi connectivity index (χ1) is 5.16. The molecule has 3 heteroatoms. The van der Waals surface area contributed by atoms with E-state index in [0.29, 0.717) is 0 Å². The predicted octanol–water partition coefficient (Wildman–Crippen LogP) is 0.882. The number of amides is 1. The number of hydrogen-bond donors (Lipinski definition) is 1. The van der Waals surface area contributed by atoms with E-state index in [1.165, 1.54) is 33.2 Å². The molecule has 0 aromatic carbocycles. The Hall–Kier alpha value is -0.860. The molecule has 0 aliphatic heterocycles. The smallest absolute Gasteiger partial charge is 0.227 e. The zero-order valence-corrected chi connectivity index (χ0v) is 7.14. The summed E-state index contributed by atoms with van der Waals surface area (Å²) in [5.41, 5.74) is 0. The van der Waals surface area contributed by atoms with E-state index in [4.69, 9.17) is 0 Å². The molecule has 1 fully saturated rings. The number of rotatable bonds is 2. The number of ketones is 1. The second kappa shape index (κ2) is 5.89. The molecule has 0 aromatic rings. The lowest BCUT2D eigenvalue weighted by Crippen LogP contribution is -2.19. The van der Waals surface area contributed by atoms with Crippen molar-refractivity contribution >= 4 is 11.7 Å². The highest BCUT2D eigenvalue weighted by Gasteiger charge is 1.99. The zero-order valence-electron chi connectivity index (χ0n) is 7.14. The molecule has 1 N–H and O–H groups in total. The minimum absolute atomic E-state index is 0.00347. The van der Waals surface area contributed by atoms with Crippen molar-refractivity contribution < 1.29 is 9.59 Å². The van der Waals surface area contributed by atoms with Gasteiger partial charge in [-0.05, 0) is 6.92 Å². The Morgan fingerprint density at radius 1 is 1.27 bits per heavy atom. The molecule has 1 rings (SSSR count). The van der Waals surface area contributed by atoms with Gasteiger partial charge in [-0.2, -0.15) is 0 Å². The molecule has 0 heterocycles. The molecule has 1 aliphatic carbocycles. The monoisotopic (exact) mass is 157 g/mol. The fraction of sp³-hybridized carbons (Fsp3) is 0.750.